The molecule has 0 saturated carbocycles. The Labute approximate surface area is 528 Å². The van der Waals surface area contributed by atoms with E-state index in [1.165, 1.54) is 24.0 Å². The summed E-state index contributed by atoms with van der Waals surface area (Å²) in [7, 11) is 2.56. The topological polar surface area (TPSA) is 284 Å². The van der Waals surface area contributed by atoms with E-state index in [0.29, 0.717) is 64.5 Å². The van der Waals surface area contributed by atoms with E-state index in [1.807, 2.05) is 118 Å². The molecule has 2 fully saturated rings. The molecular formula is C68H78N12O11. The van der Waals surface area contributed by atoms with Crippen LogP contribution in [-0.2, 0) is 39.9 Å². The van der Waals surface area contributed by atoms with E-state index in [1.54, 1.807) is 45.1 Å². The number of anilines is 1. The summed E-state index contributed by atoms with van der Waals surface area (Å²) in [5, 5.41) is 13.9. The Hall–Kier alpha value is -10.3. The maximum atomic E-state index is 14.2. The number of nitrogens with one attached hydrogen (secondary N) is 4. The molecule has 3 aromatic heterocycles. The van der Waals surface area contributed by atoms with Crippen molar-refractivity contribution in [2.24, 2.45) is 10.8 Å². The van der Waals surface area contributed by atoms with Crippen LogP contribution in [0.25, 0.3) is 56.7 Å². The summed E-state index contributed by atoms with van der Waals surface area (Å²) in [5.74, 6) is -1.40. The Morgan fingerprint density at radius 1 is 0.604 bits per heavy atom. The first-order valence-corrected chi connectivity index (χ1v) is 29.8. The third-order valence-electron chi connectivity index (χ3n) is 15.2. The van der Waals surface area contributed by atoms with Crippen molar-refractivity contribution in [2.75, 3.05) is 32.6 Å². The van der Waals surface area contributed by atoms with Crippen molar-refractivity contribution in [1.82, 2.24) is 56.1 Å². The lowest BCUT2D eigenvalue weighted by atomic mass is 9.85. The molecule has 0 radical (unpaired) electrons. The number of ether oxygens (including phenoxy) is 4. The Balaban J connectivity index is 0.000000235. The average molecular weight is 1240 g/mol. The molecule has 23 nitrogen and oxygen atoms in total. The minimum absolute atomic E-state index is 0.0212. The van der Waals surface area contributed by atoms with E-state index in [4.69, 9.17) is 43.3 Å². The zero-order chi connectivity index (χ0) is 65.6. The fraction of sp³-hybridized carbons (Fsp3) is 0.353. The second-order valence-corrected chi connectivity index (χ2v) is 23.9. The third-order valence-corrected chi connectivity index (χ3v) is 15.2. The van der Waals surface area contributed by atoms with Crippen LogP contribution in [0.2, 0.25) is 0 Å². The highest BCUT2D eigenvalue weighted by Gasteiger charge is 2.48. The van der Waals surface area contributed by atoms with Crippen LogP contribution in [0.5, 0.6) is 11.8 Å². The van der Waals surface area contributed by atoms with Crippen molar-refractivity contribution < 1.29 is 52.1 Å². The maximum Gasteiger partial charge on any atom is 0.334 e. The largest absolute Gasteiger partial charge is 0.471 e. The quantitative estimate of drug-likeness (QED) is 0.0296. The van der Waals surface area contributed by atoms with Gasteiger partial charge in [-0.25, -0.2) is 39.7 Å². The fourth-order valence-electron chi connectivity index (χ4n) is 10.4. The number of methoxy groups -OCH3 is 2. The van der Waals surface area contributed by atoms with Crippen LogP contribution >= 0.6 is 0 Å². The van der Waals surface area contributed by atoms with Gasteiger partial charge in [0.2, 0.25) is 35.4 Å². The van der Waals surface area contributed by atoms with Crippen LogP contribution in [0.4, 0.5) is 10.8 Å². The van der Waals surface area contributed by atoms with Crippen molar-refractivity contribution >= 4 is 75.9 Å². The highest BCUT2D eigenvalue weighted by atomic mass is 16.5. The highest BCUT2D eigenvalue weighted by molar-refractivity contribution is 5.93. The predicted octanol–water partition coefficient (Wildman–Crippen LogP) is 9.66. The number of para-hydroxylation sites is 4. The number of hydrogen-bond acceptors (Lipinski definition) is 18. The summed E-state index contributed by atoms with van der Waals surface area (Å²) in [4.78, 5) is 101. The summed E-state index contributed by atoms with van der Waals surface area (Å²) in [5.41, 5.74) is 10.3. The smallest absolute Gasteiger partial charge is 0.334 e. The molecule has 2 saturated heterocycles. The van der Waals surface area contributed by atoms with Crippen molar-refractivity contribution in [3.63, 3.8) is 0 Å². The summed E-state index contributed by atoms with van der Waals surface area (Å²) < 4.78 is 28.8. The number of hydrazine groups is 1. The molecule has 91 heavy (non-hydrogen) atoms. The Morgan fingerprint density at radius 2 is 1.07 bits per heavy atom. The normalized spacial score (nSPS) is 16.9. The number of aryl methyl sites for hydroxylation is 1. The molecule has 4 N–H and O–H groups in total. The number of esters is 2. The molecule has 476 valence electrons. The zero-order valence-corrected chi connectivity index (χ0v) is 52.6. The van der Waals surface area contributed by atoms with Gasteiger partial charge in [0.15, 0.2) is 0 Å². The third kappa shape index (κ3) is 16.7. The number of carbonyl (C=O) groups is 6. The first-order valence-electron chi connectivity index (χ1n) is 29.8. The van der Waals surface area contributed by atoms with Crippen LogP contribution in [0.3, 0.4) is 0 Å². The van der Waals surface area contributed by atoms with Crippen LogP contribution in [-0.4, -0.2) is 139 Å². The number of rotatable bonds is 21. The maximum absolute atomic E-state index is 14.2. The van der Waals surface area contributed by atoms with Gasteiger partial charge >= 0.3 is 24.0 Å². The monoisotopic (exact) mass is 1240 g/mol. The van der Waals surface area contributed by atoms with E-state index in [9.17, 15) is 28.8 Å². The lowest BCUT2D eigenvalue weighted by Gasteiger charge is -2.35. The van der Waals surface area contributed by atoms with Crippen molar-refractivity contribution in [2.45, 2.75) is 116 Å². The lowest BCUT2D eigenvalue weighted by molar-refractivity contribution is -0.152. The van der Waals surface area contributed by atoms with Gasteiger partial charge in [-0.15, -0.1) is 18.3 Å². The molecule has 5 heterocycles. The lowest BCUT2D eigenvalue weighted by Crippen LogP contribution is -2.60. The molecule has 9 rings (SSSR count). The minimum atomic E-state index is -1.07. The zero-order valence-electron chi connectivity index (χ0n) is 52.6. The fourth-order valence-corrected chi connectivity index (χ4v) is 10.4. The van der Waals surface area contributed by atoms with E-state index in [-0.39, 0.29) is 50.2 Å². The number of hydrogen-bond donors (Lipinski definition) is 4. The van der Waals surface area contributed by atoms with E-state index in [2.05, 4.69) is 58.0 Å². The minimum Gasteiger partial charge on any atom is -0.471 e. The molecule has 2 aliphatic heterocycles. The molecule has 4 aromatic carbocycles. The number of aromatic nitrogens is 6. The molecule has 6 atom stereocenters. The van der Waals surface area contributed by atoms with E-state index in [0.717, 1.165) is 22.3 Å². The number of carbonyl (C=O) groups excluding carboxylic acids is 6. The van der Waals surface area contributed by atoms with Crippen LogP contribution in [0.15, 0.2) is 140 Å². The van der Waals surface area contributed by atoms with Gasteiger partial charge < -0.3 is 43.8 Å². The van der Waals surface area contributed by atoms with Crippen molar-refractivity contribution in [3.05, 3.63) is 153 Å². The van der Waals surface area contributed by atoms with Gasteiger partial charge in [-0.1, -0.05) is 145 Å². The van der Waals surface area contributed by atoms with Gasteiger partial charge in [0.1, 0.15) is 47.8 Å². The number of likely N-dealkylation sites (tertiary alicyclic amines) is 2. The van der Waals surface area contributed by atoms with Gasteiger partial charge in [0, 0.05) is 36.8 Å². The standard InChI is InChI=1S/C34H40N6O6.C34H38N6O5/c1-7-9-17-27(41)38-39-33(44)37-29(34(3,4)5)31(42)40-20-23(19-26(40)32(43)45-6)46-30-28(22-14-12-13-21(8-2)18-22)35-24-15-10-11-16-25(24)36-30;1-7-9-17-27-38-39-33(45-27)37-29(34(3,4)5)31(41)40-20-23(19-26(40)32(42)43-6)44-30-28(22-14-12-13-21(8-2)18-22)35-24-15-10-11-16-25(24)36-30/h7-8,10-16,18,23,26,29H,1-2,9,17,19-20H2,3-6H3,(H,38,41)(H2,37,39,44);7-8,10-16,18,23,26,29H,1-2,9,17,19-20H2,3-6H3,(H,37,39)/t2*23?,26-,29+/m00/s1. The molecule has 2 aliphatic rings. The van der Waals surface area contributed by atoms with Gasteiger partial charge in [-0.2, -0.15) is 0 Å². The number of allylic oxidation sites excluding steroid dienone is 2. The average Bonchev–Trinajstić information content (AvgIpc) is 1.81. The summed E-state index contributed by atoms with van der Waals surface area (Å²) in [6, 6.07) is 26.0. The summed E-state index contributed by atoms with van der Waals surface area (Å²) >= 11 is 0. The van der Waals surface area contributed by atoms with Crippen LogP contribution < -0.4 is 31.0 Å². The van der Waals surface area contributed by atoms with Crippen LogP contribution in [0.1, 0.15) is 90.7 Å². The second-order valence-electron chi connectivity index (χ2n) is 23.9. The van der Waals surface area contributed by atoms with Crippen LogP contribution in [0, 0.1) is 10.8 Å². The Kier molecular flexibility index (Phi) is 21.8. The molecule has 0 spiro atoms. The van der Waals surface area contributed by atoms with E-state index < -0.39 is 77.0 Å². The number of urea groups is 1. The SMILES string of the molecule is C=CCCC(=O)NNC(=O)N[C@H](C(=O)N1CC(Oc2nc3ccccc3nc2-c2cccc(C=C)c2)C[C@H]1C(=O)OC)C(C)(C)C.C=CCCc1nnc(N[C@H](C(=O)N2CC(Oc3nc4ccccc4nc3-c3cccc(C=C)c3)C[C@H]2C(=O)OC)C(C)(C)C)o1. The molecule has 7 aromatic rings. The molecule has 0 bridgehead atoms. The summed E-state index contributed by atoms with van der Waals surface area (Å²) in [6.07, 6.45) is 7.78. The second kappa shape index (κ2) is 29.8. The number of fused-ring (bicyclic) bond motifs is 2. The molecule has 2 unspecified atom stereocenters. The van der Waals surface area contributed by atoms with Crippen molar-refractivity contribution in [1.29, 1.82) is 0 Å². The van der Waals surface area contributed by atoms with Gasteiger partial charge in [-0.3, -0.25) is 19.8 Å². The van der Waals surface area contributed by atoms with Gasteiger partial charge in [-0.05, 0) is 71.2 Å². The first-order chi connectivity index (χ1) is 43.5. The summed E-state index contributed by atoms with van der Waals surface area (Å²) in [6.45, 7) is 26.3. The van der Waals surface area contributed by atoms with Gasteiger partial charge in [0.25, 0.3) is 0 Å². The molecule has 0 aliphatic carbocycles. The Morgan fingerprint density at radius 3 is 1.51 bits per heavy atom. The van der Waals surface area contributed by atoms with E-state index >= 15 is 0 Å². The number of amides is 5. The molecule has 23 heteroatoms. The predicted molar refractivity (Wildman–Crippen MR) is 345 cm³/mol. The number of benzene rings is 4. The molecule has 5 amide bonds. The molecular weight excluding hydrogens is 1160 g/mol. The first kappa shape index (κ1) is 66.6. The Bertz CT molecular complexity index is 3840. The van der Waals surface area contributed by atoms with Crippen molar-refractivity contribution in [3.8, 4) is 34.3 Å². The highest BCUT2D eigenvalue weighted by Crippen LogP contribution is 2.37. The van der Waals surface area contributed by atoms with Gasteiger partial charge in [0.05, 0.1) is 49.4 Å². The number of nitrogens with zero attached hydrogens (tertiary/aromatic N) is 8.